The molecule has 2 unspecified atom stereocenters. The zero-order valence-corrected chi connectivity index (χ0v) is 15.5. The summed E-state index contributed by atoms with van der Waals surface area (Å²) in [6.45, 7) is 6.82. The quantitative estimate of drug-likeness (QED) is 0.735. The van der Waals surface area contributed by atoms with E-state index in [2.05, 4.69) is 69.6 Å². The van der Waals surface area contributed by atoms with Crippen molar-refractivity contribution in [3.05, 3.63) is 60.0 Å². The molecule has 3 heterocycles. The molecule has 0 aliphatic carbocycles. The Morgan fingerprint density at radius 3 is 2.62 bits per heavy atom. The van der Waals surface area contributed by atoms with Crippen LogP contribution in [0.4, 0.5) is 0 Å². The Hall–Kier alpha value is -2.24. The van der Waals surface area contributed by atoms with E-state index < -0.39 is 0 Å². The maximum atomic E-state index is 4.13. The van der Waals surface area contributed by atoms with Crippen molar-refractivity contribution in [3.8, 4) is 0 Å². The lowest BCUT2D eigenvalue weighted by atomic mass is 9.98. The molecule has 3 aromatic rings. The molecule has 136 valence electrons. The topological polar surface area (TPSA) is 56.8 Å². The van der Waals surface area contributed by atoms with Gasteiger partial charge >= 0.3 is 0 Å². The molecule has 0 radical (unpaired) electrons. The normalized spacial score (nSPS) is 18.8. The lowest BCUT2D eigenvalue weighted by molar-refractivity contribution is 0.149. The number of fused-ring (bicyclic) bond motifs is 1. The van der Waals surface area contributed by atoms with Crippen LogP contribution >= 0.6 is 0 Å². The zero-order valence-electron chi connectivity index (χ0n) is 15.5. The predicted molar refractivity (Wildman–Crippen MR) is 105 cm³/mol. The maximum Gasteiger partial charge on any atom is 0.0653 e. The van der Waals surface area contributed by atoms with Crippen LogP contribution in [0.2, 0.25) is 0 Å². The molecule has 0 amide bonds. The number of nitrogens with zero attached hydrogens (tertiary/aromatic N) is 3. The Morgan fingerprint density at radius 1 is 1.08 bits per heavy atom. The third kappa shape index (κ3) is 3.64. The summed E-state index contributed by atoms with van der Waals surface area (Å²) in [6, 6.07) is 12.2. The van der Waals surface area contributed by atoms with Crippen LogP contribution in [0.25, 0.3) is 10.9 Å². The Kier molecular flexibility index (Phi) is 5.00. The molecule has 1 saturated heterocycles. The minimum absolute atomic E-state index is 0.344. The molecule has 2 atom stereocenters. The Balaban J connectivity index is 1.33. The molecule has 5 heteroatoms. The molecule has 5 nitrogen and oxygen atoms in total. The van der Waals surface area contributed by atoms with Crippen LogP contribution in [0.1, 0.15) is 49.9 Å². The number of H-pyrrole nitrogens is 1. The van der Waals surface area contributed by atoms with Gasteiger partial charge in [-0.25, -0.2) is 0 Å². The van der Waals surface area contributed by atoms with E-state index in [1.165, 1.54) is 29.4 Å². The smallest absolute Gasteiger partial charge is 0.0653 e. The SMILES string of the molecule is CC(NC1CCN(C(C)c2ccncc2)CC1)c1ccc2cn[nH]c2c1. The van der Waals surface area contributed by atoms with Crippen molar-refractivity contribution in [2.24, 2.45) is 0 Å². The van der Waals surface area contributed by atoms with E-state index in [4.69, 9.17) is 0 Å². The second-order valence-corrected chi connectivity index (χ2v) is 7.37. The summed E-state index contributed by atoms with van der Waals surface area (Å²) < 4.78 is 0. The number of nitrogens with one attached hydrogen (secondary N) is 2. The Bertz CT molecular complexity index is 836. The second-order valence-electron chi connectivity index (χ2n) is 7.37. The summed E-state index contributed by atoms with van der Waals surface area (Å²) >= 11 is 0. The molecule has 2 aromatic heterocycles. The summed E-state index contributed by atoms with van der Waals surface area (Å²) in [5, 5.41) is 12.2. The van der Waals surface area contributed by atoms with Crippen molar-refractivity contribution in [3.63, 3.8) is 0 Å². The number of aromatic nitrogens is 3. The van der Waals surface area contributed by atoms with Gasteiger partial charge in [0, 0.05) is 49.0 Å². The van der Waals surface area contributed by atoms with Crippen molar-refractivity contribution in [2.45, 2.75) is 44.8 Å². The van der Waals surface area contributed by atoms with Crippen LogP contribution in [0.15, 0.2) is 48.9 Å². The van der Waals surface area contributed by atoms with Crippen LogP contribution in [0.5, 0.6) is 0 Å². The molecule has 1 aliphatic heterocycles. The first kappa shape index (κ1) is 17.2. The van der Waals surface area contributed by atoms with Crippen molar-refractivity contribution >= 4 is 10.9 Å². The molecule has 26 heavy (non-hydrogen) atoms. The summed E-state index contributed by atoms with van der Waals surface area (Å²) in [5.74, 6) is 0. The fourth-order valence-corrected chi connectivity index (χ4v) is 3.98. The first-order valence-electron chi connectivity index (χ1n) is 9.54. The molecular formula is C21H27N5. The third-order valence-corrected chi connectivity index (χ3v) is 5.72. The number of hydrogen-bond acceptors (Lipinski definition) is 4. The average molecular weight is 349 g/mol. The van der Waals surface area contributed by atoms with Crippen molar-refractivity contribution < 1.29 is 0 Å². The van der Waals surface area contributed by atoms with Gasteiger partial charge in [-0.2, -0.15) is 5.10 Å². The average Bonchev–Trinajstić information content (AvgIpc) is 3.16. The molecule has 1 aliphatic rings. The fourth-order valence-electron chi connectivity index (χ4n) is 3.98. The monoisotopic (exact) mass is 349 g/mol. The summed E-state index contributed by atoms with van der Waals surface area (Å²) in [5.41, 5.74) is 3.78. The summed E-state index contributed by atoms with van der Waals surface area (Å²) in [6.07, 6.45) is 8.02. The van der Waals surface area contributed by atoms with Crippen LogP contribution in [0.3, 0.4) is 0 Å². The van der Waals surface area contributed by atoms with Gasteiger partial charge in [0.2, 0.25) is 0 Å². The largest absolute Gasteiger partial charge is 0.307 e. The van der Waals surface area contributed by atoms with E-state index in [-0.39, 0.29) is 0 Å². The van der Waals surface area contributed by atoms with E-state index in [1.54, 1.807) is 0 Å². The van der Waals surface area contributed by atoms with Crippen molar-refractivity contribution in [1.29, 1.82) is 0 Å². The van der Waals surface area contributed by atoms with Gasteiger partial charge in [-0.3, -0.25) is 15.0 Å². The van der Waals surface area contributed by atoms with Gasteiger partial charge in [0.25, 0.3) is 0 Å². The highest BCUT2D eigenvalue weighted by molar-refractivity contribution is 5.78. The lowest BCUT2D eigenvalue weighted by Crippen LogP contribution is -2.44. The summed E-state index contributed by atoms with van der Waals surface area (Å²) in [4.78, 5) is 6.71. The van der Waals surface area contributed by atoms with Gasteiger partial charge in [0.05, 0.1) is 11.7 Å². The van der Waals surface area contributed by atoms with Gasteiger partial charge in [0.1, 0.15) is 0 Å². The molecule has 1 fully saturated rings. The molecule has 4 rings (SSSR count). The molecule has 2 N–H and O–H groups in total. The molecular weight excluding hydrogens is 322 g/mol. The van der Waals surface area contributed by atoms with Gasteiger partial charge in [-0.1, -0.05) is 12.1 Å². The van der Waals surface area contributed by atoms with Crippen LogP contribution in [-0.4, -0.2) is 39.2 Å². The number of benzene rings is 1. The van der Waals surface area contributed by atoms with E-state index in [0.717, 1.165) is 18.6 Å². The molecule has 0 spiro atoms. The Labute approximate surface area is 154 Å². The highest BCUT2D eigenvalue weighted by atomic mass is 15.2. The standard InChI is InChI=1S/C21H27N5/c1-15(18-3-4-19-14-23-25-21(19)13-18)24-20-7-11-26(12-8-20)16(2)17-5-9-22-10-6-17/h3-6,9-10,13-16,20,24H,7-8,11-12H2,1-2H3,(H,23,25). The first-order valence-corrected chi connectivity index (χ1v) is 9.54. The minimum atomic E-state index is 0.344. The van der Waals surface area contributed by atoms with Crippen molar-refractivity contribution in [1.82, 2.24) is 25.4 Å². The molecule has 0 saturated carbocycles. The van der Waals surface area contributed by atoms with Gasteiger partial charge in [0.15, 0.2) is 0 Å². The van der Waals surface area contributed by atoms with E-state index in [1.807, 2.05) is 18.6 Å². The number of pyridine rings is 1. The third-order valence-electron chi connectivity index (χ3n) is 5.72. The number of hydrogen-bond donors (Lipinski definition) is 2. The minimum Gasteiger partial charge on any atom is -0.307 e. The number of piperidine rings is 1. The lowest BCUT2D eigenvalue weighted by Gasteiger charge is -2.37. The van der Waals surface area contributed by atoms with E-state index in [0.29, 0.717) is 18.1 Å². The second kappa shape index (κ2) is 7.56. The molecule has 0 bridgehead atoms. The van der Waals surface area contributed by atoms with Crippen LogP contribution < -0.4 is 5.32 Å². The highest BCUT2D eigenvalue weighted by Crippen LogP contribution is 2.25. The van der Waals surface area contributed by atoms with Gasteiger partial charge < -0.3 is 5.32 Å². The van der Waals surface area contributed by atoms with Crippen LogP contribution in [0, 0.1) is 0 Å². The predicted octanol–water partition coefficient (Wildman–Crippen LogP) is 3.83. The van der Waals surface area contributed by atoms with E-state index >= 15 is 0 Å². The van der Waals surface area contributed by atoms with Gasteiger partial charge in [-0.05, 0) is 56.0 Å². The highest BCUT2D eigenvalue weighted by Gasteiger charge is 2.24. The maximum absolute atomic E-state index is 4.13. The summed E-state index contributed by atoms with van der Waals surface area (Å²) in [7, 11) is 0. The van der Waals surface area contributed by atoms with Gasteiger partial charge in [-0.15, -0.1) is 0 Å². The molecule has 1 aromatic carbocycles. The number of rotatable bonds is 5. The number of aromatic amines is 1. The fraction of sp³-hybridized carbons (Fsp3) is 0.429. The first-order chi connectivity index (χ1) is 12.7. The van der Waals surface area contributed by atoms with Crippen LogP contribution in [-0.2, 0) is 0 Å². The number of likely N-dealkylation sites (tertiary alicyclic amines) is 1. The van der Waals surface area contributed by atoms with E-state index in [9.17, 15) is 0 Å². The Morgan fingerprint density at radius 2 is 1.85 bits per heavy atom. The zero-order chi connectivity index (χ0) is 17.9. The van der Waals surface area contributed by atoms with Crippen molar-refractivity contribution in [2.75, 3.05) is 13.1 Å².